The van der Waals surface area contributed by atoms with Crippen molar-refractivity contribution < 1.29 is 4.79 Å². The first-order valence-corrected chi connectivity index (χ1v) is 7.56. The summed E-state index contributed by atoms with van der Waals surface area (Å²) in [4.78, 5) is 15.9. The van der Waals surface area contributed by atoms with Crippen molar-refractivity contribution in [2.75, 3.05) is 11.9 Å². The van der Waals surface area contributed by atoms with E-state index in [1.165, 1.54) is 4.70 Å². The molecule has 1 aliphatic rings. The van der Waals surface area contributed by atoms with Crippen LogP contribution in [0.2, 0.25) is 0 Å². The second-order valence-electron chi connectivity index (χ2n) is 4.86. The van der Waals surface area contributed by atoms with Crippen molar-refractivity contribution in [2.45, 2.75) is 31.7 Å². The van der Waals surface area contributed by atoms with Crippen LogP contribution in [-0.4, -0.2) is 23.5 Å². The number of nitrogens with zero attached hydrogens (tertiary/aromatic N) is 1. The normalized spacial score (nSPS) is 14.5. The largest absolute Gasteiger partial charge is 0.370 e. The molecule has 2 N–H and O–H groups in total. The van der Waals surface area contributed by atoms with Gasteiger partial charge in [-0.25, -0.2) is 4.98 Å². The zero-order valence-corrected chi connectivity index (χ0v) is 11.5. The average Bonchev–Trinajstić information content (AvgIpc) is 3.07. The minimum absolute atomic E-state index is 0.172. The van der Waals surface area contributed by atoms with Crippen LogP contribution in [0.5, 0.6) is 0 Å². The molecule has 2 aromatic rings. The lowest BCUT2D eigenvalue weighted by Gasteiger charge is -2.07. The number of fused-ring (bicyclic) bond motifs is 1. The Bertz CT molecular complexity index is 577. The third-order valence-electron chi connectivity index (χ3n) is 3.20. The van der Waals surface area contributed by atoms with Gasteiger partial charge in [0.05, 0.1) is 0 Å². The van der Waals surface area contributed by atoms with E-state index in [2.05, 4.69) is 27.1 Å². The molecule has 0 spiro atoms. The first-order valence-electron chi connectivity index (χ1n) is 6.68. The number of aromatic nitrogens is 1. The first-order chi connectivity index (χ1) is 9.33. The predicted octanol–water partition coefficient (Wildman–Crippen LogP) is 2.77. The summed E-state index contributed by atoms with van der Waals surface area (Å²) in [5, 5.41) is 9.54. The number of thiophene rings is 1. The third kappa shape index (κ3) is 3.23. The second kappa shape index (κ2) is 5.57. The van der Waals surface area contributed by atoms with Crippen LogP contribution < -0.4 is 10.6 Å². The molecule has 0 radical (unpaired) electrons. The Morgan fingerprint density at radius 1 is 1.42 bits per heavy atom. The zero-order valence-electron chi connectivity index (χ0n) is 10.7. The van der Waals surface area contributed by atoms with Gasteiger partial charge >= 0.3 is 0 Å². The van der Waals surface area contributed by atoms with Gasteiger partial charge in [0.2, 0.25) is 5.91 Å². The highest BCUT2D eigenvalue weighted by Crippen LogP contribution is 2.25. The molecular weight excluding hydrogens is 258 g/mol. The molecule has 1 amide bonds. The third-order valence-corrected chi connectivity index (χ3v) is 4.08. The van der Waals surface area contributed by atoms with Crippen LogP contribution in [0.3, 0.4) is 0 Å². The average molecular weight is 275 g/mol. The van der Waals surface area contributed by atoms with Gasteiger partial charge in [0.25, 0.3) is 0 Å². The number of rotatable bonds is 6. The van der Waals surface area contributed by atoms with Gasteiger partial charge in [-0.05, 0) is 36.8 Å². The fraction of sp³-hybridized carbons (Fsp3) is 0.429. The van der Waals surface area contributed by atoms with Crippen molar-refractivity contribution >= 4 is 33.1 Å². The minimum Gasteiger partial charge on any atom is -0.370 e. The Labute approximate surface area is 116 Å². The summed E-state index contributed by atoms with van der Waals surface area (Å²) in [5.41, 5.74) is 0. The maximum atomic E-state index is 11.5. The summed E-state index contributed by atoms with van der Waals surface area (Å²) in [6, 6.07) is 4.56. The number of amides is 1. The van der Waals surface area contributed by atoms with Crippen molar-refractivity contribution in [1.82, 2.24) is 10.3 Å². The van der Waals surface area contributed by atoms with E-state index in [4.69, 9.17) is 0 Å². The number of anilines is 1. The van der Waals surface area contributed by atoms with Crippen molar-refractivity contribution in [3.63, 3.8) is 0 Å². The molecule has 100 valence electrons. The fourth-order valence-corrected chi connectivity index (χ4v) is 2.80. The molecule has 1 fully saturated rings. The summed E-state index contributed by atoms with van der Waals surface area (Å²) < 4.78 is 1.24. The number of hydrogen-bond donors (Lipinski definition) is 2. The highest BCUT2D eigenvalue weighted by molar-refractivity contribution is 7.17. The Kier molecular flexibility index (Phi) is 3.64. The van der Waals surface area contributed by atoms with Gasteiger partial charge in [-0.2, -0.15) is 0 Å². The highest BCUT2D eigenvalue weighted by Gasteiger charge is 2.22. The van der Waals surface area contributed by atoms with Crippen LogP contribution in [-0.2, 0) is 4.79 Å². The lowest BCUT2D eigenvalue weighted by molar-refractivity contribution is -0.121. The summed E-state index contributed by atoms with van der Waals surface area (Å²) in [5.74, 6) is 1.09. The predicted molar refractivity (Wildman–Crippen MR) is 78.5 cm³/mol. The molecule has 0 bridgehead atoms. The van der Waals surface area contributed by atoms with Crippen LogP contribution >= 0.6 is 11.3 Å². The number of carbonyl (C=O) groups excluding carboxylic acids is 1. The number of carbonyl (C=O) groups is 1. The molecule has 0 atom stereocenters. The van der Waals surface area contributed by atoms with E-state index < -0.39 is 0 Å². The number of nitrogens with one attached hydrogen (secondary N) is 2. The minimum atomic E-state index is 0.172. The van der Waals surface area contributed by atoms with E-state index in [9.17, 15) is 4.79 Å². The highest BCUT2D eigenvalue weighted by atomic mass is 32.1. The van der Waals surface area contributed by atoms with Crippen LogP contribution in [0, 0.1) is 0 Å². The molecular formula is C14H17N3OS. The van der Waals surface area contributed by atoms with Crippen LogP contribution in [0.25, 0.3) is 10.1 Å². The summed E-state index contributed by atoms with van der Waals surface area (Å²) in [6.07, 6.45) is 5.53. The van der Waals surface area contributed by atoms with E-state index >= 15 is 0 Å². The van der Waals surface area contributed by atoms with Gasteiger partial charge < -0.3 is 10.6 Å². The summed E-state index contributed by atoms with van der Waals surface area (Å²) >= 11 is 1.72. The standard InChI is InChI=1S/C14H17N3OS/c18-13(17-10-3-4-10)2-1-7-15-14-11-6-9-19-12(11)5-8-16-14/h5-6,8-10H,1-4,7H2,(H,15,16)(H,17,18). The Morgan fingerprint density at radius 3 is 3.16 bits per heavy atom. The lowest BCUT2D eigenvalue weighted by atomic mass is 10.2. The molecule has 1 saturated carbocycles. The Balaban J connectivity index is 1.46. The van der Waals surface area contributed by atoms with E-state index in [0.29, 0.717) is 12.5 Å². The Hall–Kier alpha value is -1.62. The van der Waals surface area contributed by atoms with E-state index in [0.717, 1.165) is 37.0 Å². The molecule has 5 heteroatoms. The molecule has 2 heterocycles. The molecule has 4 nitrogen and oxygen atoms in total. The number of hydrogen-bond acceptors (Lipinski definition) is 4. The van der Waals surface area contributed by atoms with E-state index in [-0.39, 0.29) is 5.91 Å². The monoisotopic (exact) mass is 275 g/mol. The SMILES string of the molecule is O=C(CCCNc1nccc2sccc12)NC1CC1. The van der Waals surface area contributed by atoms with Gasteiger partial charge in [-0.1, -0.05) is 0 Å². The van der Waals surface area contributed by atoms with Crippen molar-refractivity contribution in [2.24, 2.45) is 0 Å². The summed E-state index contributed by atoms with van der Waals surface area (Å²) in [6.45, 7) is 0.778. The van der Waals surface area contributed by atoms with E-state index in [1.807, 2.05) is 12.3 Å². The maximum absolute atomic E-state index is 11.5. The fourth-order valence-electron chi connectivity index (χ4n) is 2.02. The molecule has 0 unspecified atom stereocenters. The molecule has 2 aromatic heterocycles. The first kappa shape index (κ1) is 12.4. The van der Waals surface area contributed by atoms with Crippen LogP contribution in [0.4, 0.5) is 5.82 Å². The second-order valence-corrected chi connectivity index (χ2v) is 5.81. The molecule has 3 rings (SSSR count). The van der Waals surface area contributed by atoms with Crippen molar-refractivity contribution in [3.05, 3.63) is 23.7 Å². The molecule has 19 heavy (non-hydrogen) atoms. The molecule has 0 aliphatic heterocycles. The maximum Gasteiger partial charge on any atom is 0.220 e. The van der Waals surface area contributed by atoms with Crippen molar-refractivity contribution in [3.8, 4) is 0 Å². The van der Waals surface area contributed by atoms with Gasteiger partial charge in [0.15, 0.2) is 0 Å². The van der Waals surface area contributed by atoms with Crippen LogP contribution in [0.15, 0.2) is 23.7 Å². The Morgan fingerprint density at radius 2 is 2.32 bits per heavy atom. The molecule has 0 saturated heterocycles. The van der Waals surface area contributed by atoms with Crippen molar-refractivity contribution in [1.29, 1.82) is 0 Å². The molecule has 0 aromatic carbocycles. The zero-order chi connectivity index (χ0) is 13.1. The van der Waals surface area contributed by atoms with Crippen LogP contribution in [0.1, 0.15) is 25.7 Å². The van der Waals surface area contributed by atoms with Gasteiger partial charge in [-0.15, -0.1) is 11.3 Å². The topological polar surface area (TPSA) is 54.0 Å². The van der Waals surface area contributed by atoms with Gasteiger partial charge in [0, 0.05) is 35.3 Å². The van der Waals surface area contributed by atoms with E-state index in [1.54, 1.807) is 11.3 Å². The van der Waals surface area contributed by atoms with Gasteiger partial charge in [-0.3, -0.25) is 4.79 Å². The molecule has 1 aliphatic carbocycles. The number of pyridine rings is 1. The van der Waals surface area contributed by atoms with Gasteiger partial charge in [0.1, 0.15) is 5.82 Å². The lowest BCUT2D eigenvalue weighted by Crippen LogP contribution is -2.25. The summed E-state index contributed by atoms with van der Waals surface area (Å²) in [7, 11) is 0. The quantitative estimate of drug-likeness (QED) is 0.797. The smallest absolute Gasteiger partial charge is 0.220 e.